The van der Waals surface area contributed by atoms with Crippen LogP contribution < -0.4 is 0 Å². The van der Waals surface area contributed by atoms with Crippen molar-refractivity contribution in [2.24, 2.45) is 0 Å². The van der Waals surface area contributed by atoms with Gasteiger partial charge in [0, 0.05) is 0 Å². The van der Waals surface area contributed by atoms with Gasteiger partial charge in [-0.15, -0.1) is 0 Å². The summed E-state index contributed by atoms with van der Waals surface area (Å²) < 4.78 is 0. The monoisotopic (exact) mass is 260 g/mol. The number of hydrogen-bond donors (Lipinski definition) is 0. The first-order valence-corrected chi connectivity index (χ1v) is 6.80. The summed E-state index contributed by atoms with van der Waals surface area (Å²) in [5, 5.41) is 2.57. The molecule has 0 nitrogen and oxygen atoms in total. The number of hydrogen-bond acceptors (Lipinski definition) is 0. The number of allylic oxidation sites excluding steroid dienone is 6. The van der Waals surface area contributed by atoms with Gasteiger partial charge in [-0.3, -0.25) is 0 Å². The van der Waals surface area contributed by atoms with E-state index >= 15 is 0 Å². The Morgan fingerprint density at radius 2 is 1.80 bits per heavy atom. The fraction of sp³-hybridized carbons (Fsp3) is 0.100. The van der Waals surface area contributed by atoms with Gasteiger partial charge in [0.1, 0.15) is 0 Å². The Bertz CT molecular complexity index is 712. The minimum absolute atomic E-state index is 1.17. The predicted molar refractivity (Wildman–Crippen MR) is 90.8 cm³/mol. The molecule has 100 valence electrons. The zero-order chi connectivity index (χ0) is 14.5. The second-order valence-corrected chi connectivity index (χ2v) is 4.85. The molecule has 0 aliphatic rings. The molecule has 0 heterocycles. The molecule has 2 aromatic rings. The molecule has 0 fully saturated rings. The highest BCUT2D eigenvalue weighted by Crippen LogP contribution is 2.29. The molecule has 0 N–H and O–H groups in total. The third kappa shape index (κ3) is 2.65. The Morgan fingerprint density at radius 1 is 1.05 bits per heavy atom. The van der Waals surface area contributed by atoms with E-state index < -0.39 is 0 Å². The van der Waals surface area contributed by atoms with E-state index in [9.17, 15) is 0 Å². The topological polar surface area (TPSA) is 0 Å². The summed E-state index contributed by atoms with van der Waals surface area (Å²) >= 11 is 0. The number of rotatable bonds is 4. The molecule has 0 saturated heterocycles. The van der Waals surface area contributed by atoms with E-state index in [1.54, 1.807) is 6.08 Å². The highest BCUT2D eigenvalue weighted by atomic mass is 14.1. The zero-order valence-corrected chi connectivity index (χ0v) is 12.2. The van der Waals surface area contributed by atoms with Gasteiger partial charge >= 0.3 is 0 Å². The van der Waals surface area contributed by atoms with Crippen molar-refractivity contribution in [3.8, 4) is 0 Å². The highest BCUT2D eigenvalue weighted by molar-refractivity contribution is 5.92. The first-order chi connectivity index (χ1) is 9.69. The van der Waals surface area contributed by atoms with E-state index in [1.807, 2.05) is 12.2 Å². The van der Waals surface area contributed by atoms with Crippen molar-refractivity contribution in [1.82, 2.24) is 0 Å². The maximum absolute atomic E-state index is 3.89. The van der Waals surface area contributed by atoms with Gasteiger partial charge in [-0.25, -0.2) is 0 Å². The molecule has 0 bridgehead atoms. The van der Waals surface area contributed by atoms with Crippen molar-refractivity contribution < 1.29 is 0 Å². The maximum atomic E-state index is 3.89. The van der Waals surface area contributed by atoms with Crippen LogP contribution in [0.4, 0.5) is 0 Å². The van der Waals surface area contributed by atoms with Crippen LogP contribution in [-0.4, -0.2) is 0 Å². The van der Waals surface area contributed by atoms with Gasteiger partial charge in [0.25, 0.3) is 0 Å². The smallest absolute Gasteiger partial charge is 0.0146 e. The third-order valence-electron chi connectivity index (χ3n) is 3.62. The van der Waals surface area contributed by atoms with Crippen LogP contribution in [0.25, 0.3) is 16.3 Å². The lowest BCUT2D eigenvalue weighted by atomic mass is 9.92. The maximum Gasteiger partial charge on any atom is -0.0146 e. The van der Waals surface area contributed by atoms with Gasteiger partial charge in [0.15, 0.2) is 0 Å². The Morgan fingerprint density at radius 3 is 2.50 bits per heavy atom. The fourth-order valence-corrected chi connectivity index (χ4v) is 2.43. The van der Waals surface area contributed by atoms with Gasteiger partial charge in [-0.1, -0.05) is 73.9 Å². The van der Waals surface area contributed by atoms with Crippen molar-refractivity contribution in [3.05, 3.63) is 90.6 Å². The first kappa shape index (κ1) is 14.1. The lowest BCUT2D eigenvalue weighted by molar-refractivity contribution is 1.44. The first-order valence-electron chi connectivity index (χ1n) is 6.80. The quantitative estimate of drug-likeness (QED) is 0.605. The lowest BCUT2D eigenvalue weighted by Gasteiger charge is -2.12. The van der Waals surface area contributed by atoms with Gasteiger partial charge < -0.3 is 0 Å². The fourth-order valence-electron chi connectivity index (χ4n) is 2.43. The normalized spacial score (nSPS) is 12.5. The SMILES string of the molecule is C=C/C=C\C(=C(\C)C=C)c1ccc2ccccc2c1C. The highest BCUT2D eigenvalue weighted by Gasteiger charge is 2.07. The van der Waals surface area contributed by atoms with Crippen molar-refractivity contribution in [3.63, 3.8) is 0 Å². The van der Waals surface area contributed by atoms with Crippen molar-refractivity contribution in [1.29, 1.82) is 0 Å². The van der Waals surface area contributed by atoms with E-state index in [1.165, 1.54) is 33.0 Å². The largest absolute Gasteiger partial charge is 0.0991 e. The molecule has 0 aliphatic heterocycles. The van der Waals surface area contributed by atoms with E-state index in [-0.39, 0.29) is 0 Å². The molecule has 0 aliphatic carbocycles. The van der Waals surface area contributed by atoms with Crippen LogP contribution in [0.15, 0.2) is 79.4 Å². The summed E-state index contributed by atoms with van der Waals surface area (Å²) in [6.07, 6.45) is 7.77. The molecule has 0 heteroatoms. The molecular weight excluding hydrogens is 240 g/mol. The summed E-state index contributed by atoms with van der Waals surface area (Å²) in [6, 6.07) is 12.8. The van der Waals surface area contributed by atoms with E-state index in [2.05, 4.69) is 69.5 Å². The van der Waals surface area contributed by atoms with Crippen LogP contribution in [0.1, 0.15) is 18.1 Å². The molecule has 0 atom stereocenters. The average Bonchev–Trinajstić information content (AvgIpc) is 2.49. The van der Waals surface area contributed by atoms with Crippen LogP contribution in [0.2, 0.25) is 0 Å². The Labute approximate surface area is 121 Å². The van der Waals surface area contributed by atoms with Gasteiger partial charge in [0.05, 0.1) is 0 Å². The summed E-state index contributed by atoms with van der Waals surface area (Å²) in [4.78, 5) is 0. The number of fused-ring (bicyclic) bond motifs is 1. The van der Waals surface area contributed by atoms with Gasteiger partial charge in [-0.05, 0) is 46.9 Å². The van der Waals surface area contributed by atoms with E-state index in [4.69, 9.17) is 0 Å². The standard InChI is InChI=1S/C20H20/c1-5-7-11-18(15(3)6-2)20-14-13-17-10-8-9-12-19(17)16(20)4/h5-14H,1-2H2,3-4H3/b11-7-,18-15+. The van der Waals surface area contributed by atoms with Gasteiger partial charge in [-0.2, -0.15) is 0 Å². The average molecular weight is 260 g/mol. The minimum atomic E-state index is 1.17. The van der Waals surface area contributed by atoms with Crippen molar-refractivity contribution in [2.75, 3.05) is 0 Å². The van der Waals surface area contributed by atoms with Crippen LogP contribution in [0.3, 0.4) is 0 Å². The second kappa shape index (κ2) is 6.21. The Balaban J connectivity index is 2.72. The van der Waals surface area contributed by atoms with Crippen LogP contribution in [0.5, 0.6) is 0 Å². The number of aryl methyl sites for hydroxylation is 1. The summed E-state index contributed by atoms with van der Waals surface area (Å²) in [5.41, 5.74) is 4.91. The molecule has 20 heavy (non-hydrogen) atoms. The molecule has 0 radical (unpaired) electrons. The molecule has 0 amide bonds. The predicted octanol–water partition coefficient (Wildman–Crippen LogP) is 5.85. The lowest BCUT2D eigenvalue weighted by Crippen LogP contribution is -1.91. The third-order valence-corrected chi connectivity index (χ3v) is 3.62. The molecule has 2 aromatic carbocycles. The number of benzene rings is 2. The molecule has 0 spiro atoms. The minimum Gasteiger partial charge on any atom is -0.0991 e. The van der Waals surface area contributed by atoms with Crippen molar-refractivity contribution in [2.45, 2.75) is 13.8 Å². The summed E-state index contributed by atoms with van der Waals surface area (Å²) in [5.74, 6) is 0. The van der Waals surface area contributed by atoms with Crippen molar-refractivity contribution >= 4 is 16.3 Å². The van der Waals surface area contributed by atoms with Crippen LogP contribution in [-0.2, 0) is 0 Å². The molecule has 2 rings (SSSR count). The molecule has 0 unspecified atom stereocenters. The van der Waals surface area contributed by atoms with E-state index in [0.29, 0.717) is 0 Å². The van der Waals surface area contributed by atoms with E-state index in [0.717, 1.165) is 0 Å². The second-order valence-electron chi connectivity index (χ2n) is 4.85. The van der Waals surface area contributed by atoms with Gasteiger partial charge in [0.2, 0.25) is 0 Å². The molecular formula is C20H20. The van der Waals surface area contributed by atoms with Crippen LogP contribution >= 0.6 is 0 Å². The zero-order valence-electron chi connectivity index (χ0n) is 12.2. The summed E-state index contributed by atoms with van der Waals surface area (Å²) in [7, 11) is 0. The van der Waals surface area contributed by atoms with Crippen LogP contribution in [0, 0.1) is 6.92 Å². The summed E-state index contributed by atoms with van der Waals surface area (Å²) in [6.45, 7) is 11.9. The molecule has 0 saturated carbocycles. The molecule has 0 aromatic heterocycles. The Hall–Kier alpha value is -2.34. The Kier molecular flexibility index (Phi) is 4.37.